The Labute approximate surface area is 62.4 Å². The summed E-state index contributed by atoms with van der Waals surface area (Å²) < 4.78 is 4.87. The monoisotopic (exact) mass is 157 g/mol. The highest BCUT2D eigenvalue weighted by atomic mass is 16.6. The Morgan fingerprint density at radius 1 is 1.91 bits per heavy atom. The van der Waals surface area contributed by atoms with E-state index in [1.807, 2.05) is 0 Å². The van der Waals surface area contributed by atoms with Crippen LogP contribution in [0.4, 0.5) is 5.82 Å². The van der Waals surface area contributed by atoms with Gasteiger partial charge in [0.15, 0.2) is 0 Å². The highest BCUT2D eigenvalue weighted by Crippen LogP contribution is 2.10. The fourth-order valence-electron chi connectivity index (χ4n) is 0.597. The summed E-state index contributed by atoms with van der Waals surface area (Å²) in [6, 6.07) is 0.180. The van der Waals surface area contributed by atoms with Gasteiger partial charge in [-0.2, -0.15) is 9.97 Å². The molecule has 11 heavy (non-hydrogen) atoms. The lowest BCUT2D eigenvalue weighted by atomic mass is 10.8. The summed E-state index contributed by atoms with van der Waals surface area (Å²) in [5, 5.41) is 10.1. The fourth-order valence-corrected chi connectivity index (χ4v) is 0.597. The molecule has 1 rings (SSSR count). The third-order valence-electron chi connectivity index (χ3n) is 1.02. The molecule has 1 aromatic rings. The van der Waals surface area contributed by atoms with Crippen molar-refractivity contribution in [3.63, 3.8) is 0 Å². The van der Waals surface area contributed by atoms with Crippen LogP contribution in [0.1, 0.15) is 6.92 Å². The van der Waals surface area contributed by atoms with Gasteiger partial charge in [-0.1, -0.05) is 0 Å². The van der Waals surface area contributed by atoms with Crippen LogP contribution >= 0.6 is 0 Å². The van der Waals surface area contributed by atoms with Crippen molar-refractivity contribution in [3.8, 4) is 6.01 Å². The molecule has 60 valence electrons. The van der Waals surface area contributed by atoms with Crippen molar-refractivity contribution >= 4 is 5.82 Å². The summed E-state index contributed by atoms with van der Waals surface area (Å²) in [7, 11) is 0. The molecule has 6 nitrogen and oxygen atoms in total. The van der Waals surface area contributed by atoms with Crippen molar-refractivity contribution in [1.29, 1.82) is 0 Å². The highest BCUT2D eigenvalue weighted by molar-refractivity contribution is 5.17. The first-order valence-corrected chi connectivity index (χ1v) is 3.06. The van der Waals surface area contributed by atoms with Gasteiger partial charge in [-0.25, -0.2) is 0 Å². The average molecular weight is 157 g/mol. The van der Waals surface area contributed by atoms with E-state index in [2.05, 4.69) is 9.97 Å². The van der Waals surface area contributed by atoms with E-state index in [4.69, 9.17) is 4.74 Å². The number of H-pyrrole nitrogens is 1. The molecule has 0 amide bonds. The zero-order valence-corrected chi connectivity index (χ0v) is 5.90. The summed E-state index contributed by atoms with van der Waals surface area (Å²) in [4.78, 5) is 15.5. The lowest BCUT2D eigenvalue weighted by Crippen LogP contribution is -1.93. The van der Waals surface area contributed by atoms with Crippen molar-refractivity contribution in [2.24, 2.45) is 0 Å². The first-order valence-electron chi connectivity index (χ1n) is 3.06. The number of aromatic nitrogens is 2. The van der Waals surface area contributed by atoms with Crippen LogP contribution in [0.15, 0.2) is 6.20 Å². The quantitative estimate of drug-likeness (QED) is 0.517. The second-order valence-corrected chi connectivity index (χ2v) is 1.76. The van der Waals surface area contributed by atoms with Crippen molar-refractivity contribution in [1.82, 2.24) is 9.97 Å². The summed E-state index contributed by atoms with van der Waals surface area (Å²) in [5.41, 5.74) is 0. The number of imidazole rings is 1. The maximum absolute atomic E-state index is 10.1. The minimum Gasteiger partial charge on any atom is -0.448 e. The van der Waals surface area contributed by atoms with E-state index in [1.165, 1.54) is 0 Å². The lowest BCUT2D eigenvalue weighted by molar-refractivity contribution is -0.389. The number of nitrogens with one attached hydrogen (secondary N) is 1. The number of nitrogens with zero attached hydrogens (tertiary/aromatic N) is 2. The second kappa shape index (κ2) is 3.00. The Balaban J connectivity index is 2.73. The standard InChI is InChI=1S/C5H7N3O3/c1-2-11-5-6-3-4(7-5)8(9)10/h3H,2H2,1H3,(H,6,7). The SMILES string of the molecule is CCOc1ncc([N+](=O)[O-])[nH]1. The van der Waals surface area contributed by atoms with Crippen LogP contribution in [0.3, 0.4) is 0 Å². The minimum atomic E-state index is -0.560. The van der Waals surface area contributed by atoms with E-state index in [0.29, 0.717) is 6.61 Å². The number of ether oxygens (including phenoxy) is 1. The van der Waals surface area contributed by atoms with Gasteiger partial charge in [-0.05, 0) is 11.8 Å². The molecule has 0 aromatic carbocycles. The van der Waals surface area contributed by atoms with E-state index in [9.17, 15) is 10.1 Å². The van der Waals surface area contributed by atoms with E-state index in [-0.39, 0.29) is 11.8 Å². The highest BCUT2D eigenvalue weighted by Gasteiger charge is 2.09. The predicted molar refractivity (Wildman–Crippen MR) is 36.4 cm³/mol. The molecule has 0 aliphatic rings. The molecule has 1 N–H and O–H groups in total. The Hall–Kier alpha value is -1.59. The number of nitro groups is 1. The summed E-state index contributed by atoms with van der Waals surface area (Å²) in [6.45, 7) is 2.21. The molecule has 0 atom stereocenters. The van der Waals surface area contributed by atoms with Crippen molar-refractivity contribution in [2.45, 2.75) is 6.92 Å². The largest absolute Gasteiger partial charge is 0.448 e. The maximum Gasteiger partial charge on any atom is 0.388 e. The van der Waals surface area contributed by atoms with Gasteiger partial charge >= 0.3 is 11.8 Å². The Morgan fingerprint density at radius 3 is 3.09 bits per heavy atom. The summed E-state index contributed by atoms with van der Waals surface area (Å²) >= 11 is 0. The van der Waals surface area contributed by atoms with E-state index in [1.54, 1.807) is 6.92 Å². The van der Waals surface area contributed by atoms with Gasteiger partial charge in [-0.15, -0.1) is 0 Å². The third-order valence-corrected chi connectivity index (χ3v) is 1.02. The normalized spacial score (nSPS) is 9.55. The van der Waals surface area contributed by atoms with Crippen molar-refractivity contribution in [2.75, 3.05) is 6.61 Å². The molecule has 0 saturated heterocycles. The van der Waals surface area contributed by atoms with Gasteiger partial charge < -0.3 is 14.9 Å². The molecule has 6 heteroatoms. The van der Waals surface area contributed by atoms with E-state index < -0.39 is 4.92 Å². The minimum absolute atomic E-state index is 0.159. The summed E-state index contributed by atoms with van der Waals surface area (Å²) in [6.07, 6.45) is 1.12. The number of rotatable bonds is 3. The van der Waals surface area contributed by atoms with Crippen LogP contribution in [0.25, 0.3) is 0 Å². The Morgan fingerprint density at radius 2 is 2.64 bits per heavy atom. The maximum atomic E-state index is 10.1. The molecule has 0 fully saturated rings. The number of hydrogen-bond donors (Lipinski definition) is 1. The van der Waals surface area contributed by atoms with Crippen LogP contribution in [0.2, 0.25) is 0 Å². The van der Waals surface area contributed by atoms with E-state index >= 15 is 0 Å². The molecular formula is C5H7N3O3. The van der Waals surface area contributed by atoms with Gasteiger partial charge in [0.2, 0.25) is 0 Å². The lowest BCUT2D eigenvalue weighted by Gasteiger charge is -1.90. The molecule has 0 saturated carbocycles. The molecular weight excluding hydrogens is 150 g/mol. The Bertz CT molecular complexity index is 257. The predicted octanol–water partition coefficient (Wildman–Crippen LogP) is 0.717. The molecule has 0 spiro atoms. The van der Waals surface area contributed by atoms with Crippen LogP contribution in [-0.2, 0) is 0 Å². The zero-order chi connectivity index (χ0) is 8.27. The first kappa shape index (κ1) is 7.52. The first-order chi connectivity index (χ1) is 5.24. The smallest absolute Gasteiger partial charge is 0.388 e. The number of aromatic amines is 1. The van der Waals surface area contributed by atoms with Crippen LogP contribution in [0.5, 0.6) is 6.01 Å². The number of hydrogen-bond acceptors (Lipinski definition) is 4. The topological polar surface area (TPSA) is 81.1 Å². The zero-order valence-electron chi connectivity index (χ0n) is 5.90. The molecule has 0 aliphatic heterocycles. The summed E-state index contributed by atoms with van der Waals surface area (Å²) in [5.74, 6) is -0.159. The molecule has 1 heterocycles. The molecule has 1 aromatic heterocycles. The van der Waals surface area contributed by atoms with Gasteiger partial charge in [0.1, 0.15) is 6.20 Å². The Kier molecular flexibility index (Phi) is 2.05. The van der Waals surface area contributed by atoms with Gasteiger partial charge in [0.25, 0.3) is 0 Å². The van der Waals surface area contributed by atoms with Crippen LogP contribution < -0.4 is 4.74 Å². The molecule has 0 bridgehead atoms. The molecule has 0 unspecified atom stereocenters. The average Bonchev–Trinajstić information content (AvgIpc) is 2.37. The molecule has 0 radical (unpaired) electrons. The molecule has 0 aliphatic carbocycles. The van der Waals surface area contributed by atoms with Crippen molar-refractivity contribution < 1.29 is 9.66 Å². The fraction of sp³-hybridized carbons (Fsp3) is 0.400. The van der Waals surface area contributed by atoms with Gasteiger partial charge in [0, 0.05) is 0 Å². The van der Waals surface area contributed by atoms with Crippen LogP contribution in [-0.4, -0.2) is 21.5 Å². The van der Waals surface area contributed by atoms with E-state index in [0.717, 1.165) is 6.20 Å². The third kappa shape index (κ3) is 1.66. The van der Waals surface area contributed by atoms with Crippen LogP contribution in [0, 0.1) is 10.1 Å². The van der Waals surface area contributed by atoms with Gasteiger partial charge in [-0.3, -0.25) is 0 Å². The van der Waals surface area contributed by atoms with Crippen molar-refractivity contribution in [3.05, 3.63) is 16.3 Å². The van der Waals surface area contributed by atoms with Gasteiger partial charge in [0.05, 0.1) is 6.61 Å². The second-order valence-electron chi connectivity index (χ2n) is 1.76.